The van der Waals surface area contributed by atoms with Gasteiger partial charge < -0.3 is 10.2 Å². The highest BCUT2D eigenvalue weighted by Crippen LogP contribution is 2.39. The summed E-state index contributed by atoms with van der Waals surface area (Å²) in [4.78, 5) is 2.79. The first-order chi connectivity index (χ1) is 8.36. The molecule has 1 N–H and O–H groups in total. The Balaban J connectivity index is 0.00000120. The summed E-state index contributed by atoms with van der Waals surface area (Å²) < 4.78 is 0. The average molecular weight is 273 g/mol. The van der Waals surface area contributed by atoms with E-state index in [0.29, 0.717) is 5.41 Å². The van der Waals surface area contributed by atoms with Crippen molar-refractivity contribution in [3.05, 3.63) is 0 Å². The molecule has 3 aliphatic rings. The molecule has 2 nitrogen and oxygen atoms in total. The fourth-order valence-electron chi connectivity index (χ4n) is 4.28. The summed E-state index contributed by atoms with van der Waals surface area (Å²) in [7, 11) is 0. The monoisotopic (exact) mass is 272 g/mol. The highest BCUT2D eigenvalue weighted by Gasteiger charge is 2.39. The maximum atomic E-state index is 3.51. The Morgan fingerprint density at radius 2 is 1.72 bits per heavy atom. The summed E-state index contributed by atoms with van der Waals surface area (Å²) in [5, 5.41) is 3.51. The Kier molecular flexibility index (Phi) is 5.35. The van der Waals surface area contributed by atoms with E-state index in [9.17, 15) is 0 Å². The molecule has 1 saturated carbocycles. The van der Waals surface area contributed by atoms with Crippen LogP contribution in [0.3, 0.4) is 0 Å². The van der Waals surface area contributed by atoms with E-state index in [-0.39, 0.29) is 12.4 Å². The van der Waals surface area contributed by atoms with Crippen LogP contribution in [0.15, 0.2) is 0 Å². The van der Waals surface area contributed by atoms with Crippen LogP contribution in [0.1, 0.15) is 51.4 Å². The van der Waals surface area contributed by atoms with Gasteiger partial charge in [0.2, 0.25) is 0 Å². The molecule has 2 saturated heterocycles. The number of hydrogen-bond acceptors (Lipinski definition) is 2. The Hall–Kier alpha value is 0.210. The highest BCUT2D eigenvalue weighted by molar-refractivity contribution is 5.85. The van der Waals surface area contributed by atoms with Gasteiger partial charge in [0.25, 0.3) is 0 Å². The molecule has 0 aromatic carbocycles. The second-order valence-electron chi connectivity index (χ2n) is 6.74. The Labute approximate surface area is 118 Å². The largest absolute Gasteiger partial charge is 0.317 e. The number of hydrogen-bond donors (Lipinski definition) is 1. The second kappa shape index (κ2) is 6.58. The summed E-state index contributed by atoms with van der Waals surface area (Å²) in [5.74, 6) is 1.03. The third-order valence-electron chi connectivity index (χ3n) is 5.42. The summed E-state index contributed by atoms with van der Waals surface area (Å²) in [5.41, 5.74) is 0.708. The zero-order valence-electron chi connectivity index (χ0n) is 11.6. The minimum Gasteiger partial charge on any atom is -0.317 e. The zero-order valence-corrected chi connectivity index (χ0v) is 12.4. The first-order valence-electron chi connectivity index (χ1n) is 7.79. The van der Waals surface area contributed by atoms with Gasteiger partial charge in [-0.1, -0.05) is 19.3 Å². The van der Waals surface area contributed by atoms with Crippen molar-refractivity contribution in [2.24, 2.45) is 11.3 Å². The third kappa shape index (κ3) is 3.40. The van der Waals surface area contributed by atoms with Gasteiger partial charge >= 0.3 is 0 Å². The van der Waals surface area contributed by atoms with Gasteiger partial charge in [-0.05, 0) is 63.1 Å². The van der Waals surface area contributed by atoms with E-state index in [1.807, 2.05) is 0 Å². The van der Waals surface area contributed by atoms with Crippen LogP contribution < -0.4 is 5.32 Å². The molecule has 0 amide bonds. The van der Waals surface area contributed by atoms with Gasteiger partial charge in [-0.15, -0.1) is 12.4 Å². The Bertz CT molecular complexity index is 245. The van der Waals surface area contributed by atoms with Crippen molar-refractivity contribution in [1.82, 2.24) is 10.2 Å². The maximum Gasteiger partial charge on any atom is 0.00395 e. The van der Waals surface area contributed by atoms with Crippen LogP contribution in [0.2, 0.25) is 0 Å². The van der Waals surface area contributed by atoms with Crippen molar-refractivity contribution >= 4 is 12.4 Å². The molecule has 3 rings (SSSR count). The molecule has 0 radical (unpaired) electrons. The predicted octanol–water partition coefficient (Wildman–Crippen LogP) is 3.06. The van der Waals surface area contributed by atoms with Crippen LogP contribution in [0, 0.1) is 11.3 Å². The van der Waals surface area contributed by atoms with Crippen LogP contribution in [0.5, 0.6) is 0 Å². The quantitative estimate of drug-likeness (QED) is 0.831. The molecule has 0 bridgehead atoms. The standard InChI is InChI=1S/C15H28N2.ClH/c1-2-4-14(5-3-1)12-17-11-8-15(13-17)6-9-16-10-7-15;/h14,16H,1-13H2;1H. The molecule has 2 aliphatic heterocycles. The SMILES string of the molecule is C1CCC(CN2CCC3(CCNCC3)C2)CC1.Cl. The molecule has 3 heteroatoms. The molecule has 106 valence electrons. The van der Waals surface area contributed by atoms with Gasteiger partial charge in [0.05, 0.1) is 0 Å². The third-order valence-corrected chi connectivity index (χ3v) is 5.42. The molecule has 18 heavy (non-hydrogen) atoms. The fourth-order valence-corrected chi connectivity index (χ4v) is 4.28. The zero-order chi connectivity index (χ0) is 11.6. The Morgan fingerprint density at radius 1 is 1.00 bits per heavy atom. The van der Waals surface area contributed by atoms with Crippen molar-refractivity contribution in [1.29, 1.82) is 0 Å². The summed E-state index contributed by atoms with van der Waals surface area (Å²) in [6, 6.07) is 0. The van der Waals surface area contributed by atoms with Gasteiger partial charge in [-0.2, -0.15) is 0 Å². The van der Waals surface area contributed by atoms with Crippen LogP contribution in [-0.4, -0.2) is 37.6 Å². The van der Waals surface area contributed by atoms with E-state index >= 15 is 0 Å². The normalized spacial score (nSPS) is 29.3. The lowest BCUT2D eigenvalue weighted by Gasteiger charge is -2.34. The van der Waals surface area contributed by atoms with Crippen molar-refractivity contribution < 1.29 is 0 Å². The molecule has 1 spiro atoms. The molecule has 1 aliphatic carbocycles. The number of piperidine rings is 1. The summed E-state index contributed by atoms with van der Waals surface area (Å²) >= 11 is 0. The first kappa shape index (κ1) is 14.6. The highest BCUT2D eigenvalue weighted by atomic mass is 35.5. The molecule has 2 heterocycles. The van der Waals surface area contributed by atoms with E-state index in [0.717, 1.165) is 5.92 Å². The molecule has 0 aromatic rings. The van der Waals surface area contributed by atoms with E-state index in [1.165, 1.54) is 84.1 Å². The molecule has 0 unspecified atom stereocenters. The number of rotatable bonds is 2. The van der Waals surface area contributed by atoms with Crippen molar-refractivity contribution in [3.63, 3.8) is 0 Å². The lowest BCUT2D eigenvalue weighted by atomic mass is 9.78. The first-order valence-corrected chi connectivity index (χ1v) is 7.79. The number of nitrogens with zero attached hydrogens (tertiary/aromatic N) is 1. The van der Waals surface area contributed by atoms with E-state index in [1.54, 1.807) is 0 Å². The minimum atomic E-state index is 0. The average Bonchev–Trinajstić information content (AvgIpc) is 2.74. The van der Waals surface area contributed by atoms with E-state index in [4.69, 9.17) is 0 Å². The van der Waals surface area contributed by atoms with Gasteiger partial charge in [0, 0.05) is 13.1 Å². The Morgan fingerprint density at radius 3 is 2.44 bits per heavy atom. The van der Waals surface area contributed by atoms with Gasteiger partial charge in [-0.3, -0.25) is 0 Å². The maximum absolute atomic E-state index is 3.51. The van der Waals surface area contributed by atoms with Crippen LogP contribution >= 0.6 is 12.4 Å². The molecule has 0 aromatic heterocycles. The lowest BCUT2D eigenvalue weighted by Crippen LogP contribution is -2.39. The van der Waals surface area contributed by atoms with Gasteiger partial charge in [0.1, 0.15) is 0 Å². The van der Waals surface area contributed by atoms with Gasteiger partial charge in [0.15, 0.2) is 0 Å². The van der Waals surface area contributed by atoms with Crippen LogP contribution in [0.25, 0.3) is 0 Å². The minimum absolute atomic E-state index is 0. The van der Waals surface area contributed by atoms with Crippen molar-refractivity contribution in [2.75, 3.05) is 32.7 Å². The van der Waals surface area contributed by atoms with Crippen LogP contribution in [0.4, 0.5) is 0 Å². The van der Waals surface area contributed by atoms with Gasteiger partial charge in [-0.25, -0.2) is 0 Å². The van der Waals surface area contributed by atoms with Crippen molar-refractivity contribution in [3.8, 4) is 0 Å². The molecular formula is C15H29ClN2. The van der Waals surface area contributed by atoms with E-state index in [2.05, 4.69) is 10.2 Å². The summed E-state index contributed by atoms with van der Waals surface area (Å²) in [6.45, 7) is 6.73. The van der Waals surface area contributed by atoms with E-state index < -0.39 is 0 Å². The predicted molar refractivity (Wildman–Crippen MR) is 79.4 cm³/mol. The lowest BCUT2D eigenvalue weighted by molar-refractivity contribution is 0.175. The fraction of sp³-hybridized carbons (Fsp3) is 1.00. The number of halogens is 1. The number of nitrogens with one attached hydrogen (secondary N) is 1. The molecule has 3 fully saturated rings. The number of likely N-dealkylation sites (tertiary alicyclic amines) is 1. The van der Waals surface area contributed by atoms with Crippen molar-refractivity contribution in [2.45, 2.75) is 51.4 Å². The summed E-state index contributed by atoms with van der Waals surface area (Å²) in [6.07, 6.45) is 11.8. The molecule has 0 atom stereocenters. The topological polar surface area (TPSA) is 15.3 Å². The second-order valence-corrected chi connectivity index (χ2v) is 6.74. The molecular weight excluding hydrogens is 244 g/mol. The smallest absolute Gasteiger partial charge is 0.00395 e. The van der Waals surface area contributed by atoms with Crippen LogP contribution in [-0.2, 0) is 0 Å².